The molecule has 259 valence electrons. The van der Waals surface area contributed by atoms with Gasteiger partial charge in [0.1, 0.15) is 0 Å². The van der Waals surface area contributed by atoms with Crippen LogP contribution < -0.4 is 5.32 Å². The van der Waals surface area contributed by atoms with Crippen LogP contribution in [0.4, 0.5) is 0 Å². The number of hydrogen-bond donors (Lipinski definition) is 1. The Bertz CT molecular complexity index is 2060. The molecule has 53 heavy (non-hydrogen) atoms. The van der Waals surface area contributed by atoms with E-state index in [9.17, 15) is 0 Å². The van der Waals surface area contributed by atoms with Crippen LogP contribution in [0.5, 0.6) is 0 Å². The van der Waals surface area contributed by atoms with E-state index >= 15 is 0 Å². The van der Waals surface area contributed by atoms with Crippen molar-refractivity contribution in [2.24, 2.45) is 20.0 Å². The molecule has 4 aromatic rings. The SMILES string of the molecule is C1=CC2=C(c3ccccc3)C3=NC(=C(c4ccccc4)C4=NC(=C(c5ccccc5)C5=NC(=C(c6ccccc6)C1=N2)C=C5)C=C4)C=C3.CNC.[Cl][Fe]. The van der Waals surface area contributed by atoms with Crippen molar-refractivity contribution in [3.05, 3.63) is 215 Å². The van der Waals surface area contributed by atoms with Gasteiger partial charge in [0, 0.05) is 22.3 Å². The maximum atomic E-state index is 5.31. The number of fused-ring (bicyclic) bond motifs is 4. The summed E-state index contributed by atoms with van der Waals surface area (Å²) >= 11 is 2.72. The summed E-state index contributed by atoms with van der Waals surface area (Å²) < 4.78 is 0. The first-order chi connectivity index (χ1) is 26.2. The first-order valence-electron chi connectivity index (χ1n) is 17.2. The molecule has 5 heterocycles. The molecule has 5 aliphatic rings. The Morgan fingerprint density at radius 2 is 0.528 bits per heavy atom. The van der Waals surface area contributed by atoms with E-state index in [-0.39, 0.29) is 0 Å². The molecule has 7 heteroatoms. The average molecular weight is 749 g/mol. The quantitative estimate of drug-likeness (QED) is 0.208. The summed E-state index contributed by atoms with van der Waals surface area (Å²) in [5.74, 6) is 0. The Kier molecular flexibility index (Phi) is 11.2. The number of hydrogen-bond acceptors (Lipinski definition) is 5. The molecule has 0 aromatic heterocycles. The van der Waals surface area contributed by atoms with Crippen molar-refractivity contribution in [2.45, 2.75) is 0 Å². The molecule has 0 amide bonds. The summed E-state index contributed by atoms with van der Waals surface area (Å²) in [4.78, 5) is 21.2. The second-order valence-electron chi connectivity index (χ2n) is 12.3. The van der Waals surface area contributed by atoms with E-state index in [0.29, 0.717) is 0 Å². The minimum absolute atomic E-state index is 0.861. The summed E-state index contributed by atoms with van der Waals surface area (Å²) in [7, 11) is 8.14. The van der Waals surface area contributed by atoms with Gasteiger partial charge in [0.05, 0.1) is 45.6 Å². The van der Waals surface area contributed by atoms with Crippen LogP contribution in [0.1, 0.15) is 22.3 Å². The van der Waals surface area contributed by atoms with E-state index in [1.807, 2.05) is 38.4 Å². The number of benzene rings is 4. The van der Waals surface area contributed by atoms with Crippen molar-refractivity contribution >= 4 is 55.2 Å². The zero-order valence-electron chi connectivity index (χ0n) is 29.2. The number of rotatable bonds is 4. The van der Waals surface area contributed by atoms with Gasteiger partial charge in [-0.15, -0.1) is 0 Å². The number of allylic oxidation sites excluding steroid dienone is 12. The Morgan fingerprint density at radius 1 is 0.340 bits per heavy atom. The van der Waals surface area contributed by atoms with E-state index < -0.39 is 0 Å². The molecule has 9 rings (SSSR count). The fraction of sp³-hybridized carbons (Fsp3) is 0.0435. The number of aliphatic imine (C=N–C) groups is 4. The monoisotopic (exact) mass is 748 g/mol. The maximum absolute atomic E-state index is 5.31. The summed E-state index contributed by atoms with van der Waals surface area (Å²) in [5, 5.41) is 2.75. The van der Waals surface area contributed by atoms with Gasteiger partial charge >= 0.3 is 25.2 Å². The van der Waals surface area contributed by atoms with E-state index in [1.165, 1.54) is 0 Å². The van der Waals surface area contributed by atoms with Gasteiger partial charge in [-0.05, 0) is 85.0 Å². The third-order valence-corrected chi connectivity index (χ3v) is 8.86. The molecule has 0 radical (unpaired) electrons. The average Bonchev–Trinajstić information content (AvgIpc) is 4.06. The van der Waals surface area contributed by atoms with Gasteiger partial charge in [-0.3, -0.25) is 0 Å². The number of nitrogens with zero attached hydrogens (tertiary/aromatic N) is 4. The fourth-order valence-corrected chi connectivity index (χ4v) is 6.69. The van der Waals surface area contributed by atoms with E-state index in [2.05, 4.69) is 176 Å². The third-order valence-electron chi connectivity index (χ3n) is 8.86. The van der Waals surface area contributed by atoms with Crippen LogP contribution in [0, 0.1) is 0 Å². The van der Waals surface area contributed by atoms with Crippen molar-refractivity contribution < 1.29 is 15.1 Å². The summed E-state index contributed by atoms with van der Waals surface area (Å²) in [6, 6.07) is 41.6. The summed E-state index contributed by atoms with van der Waals surface area (Å²) in [5.41, 5.74) is 15.0. The zero-order chi connectivity index (χ0) is 36.6. The first-order valence-corrected chi connectivity index (χ1v) is 18.7. The Hall–Kier alpha value is -5.75. The van der Waals surface area contributed by atoms with Crippen LogP contribution in [-0.4, -0.2) is 36.9 Å². The van der Waals surface area contributed by atoms with E-state index in [1.54, 1.807) is 0 Å². The topological polar surface area (TPSA) is 61.5 Å². The molecule has 0 unspecified atom stereocenters. The van der Waals surface area contributed by atoms with Gasteiger partial charge in [-0.2, -0.15) is 0 Å². The Balaban J connectivity index is 0.000000830. The van der Waals surface area contributed by atoms with Gasteiger partial charge < -0.3 is 5.32 Å². The Labute approximate surface area is 323 Å². The van der Waals surface area contributed by atoms with Gasteiger partial charge in [-0.25, -0.2) is 20.0 Å². The van der Waals surface area contributed by atoms with Crippen LogP contribution >= 0.6 is 10.1 Å². The van der Waals surface area contributed by atoms with Crippen molar-refractivity contribution in [3.63, 3.8) is 0 Å². The van der Waals surface area contributed by atoms with Gasteiger partial charge in [0.15, 0.2) is 0 Å². The fourth-order valence-electron chi connectivity index (χ4n) is 6.69. The van der Waals surface area contributed by atoms with Gasteiger partial charge in [0.2, 0.25) is 0 Å². The standard InChI is InChI=1S/C44H28N4.C2H7N.ClH.Fe/c1-5-13-29(14-6-1)41-33-21-23-35(45-33)42(30-15-7-2-8-16-30)37-25-27-39(47-37)44(32-19-11-4-12-20-32)40-28-26-38(48-40)43(31-17-9-3-10-18-31)36-24-22-34(41)46-36;1-3-2;;/h1-28H;3H,1-2H3;1H;/q;;;+1/p-1. The number of nitrogens with one attached hydrogen (secondary N) is 1. The summed E-state index contributed by atoms with van der Waals surface area (Å²) in [6.45, 7) is 0. The molecular weight excluding hydrogens is 714 g/mol. The van der Waals surface area contributed by atoms with Crippen LogP contribution in [0.3, 0.4) is 0 Å². The molecule has 5 nitrogen and oxygen atoms in total. The van der Waals surface area contributed by atoms with E-state index in [0.717, 1.165) is 90.2 Å². The second-order valence-corrected chi connectivity index (χ2v) is 12.3. The van der Waals surface area contributed by atoms with Crippen LogP contribution in [0.2, 0.25) is 0 Å². The minimum atomic E-state index is 0.861. The molecule has 0 saturated heterocycles. The zero-order valence-corrected chi connectivity index (χ0v) is 31.0. The normalized spacial score (nSPS) is 16.6. The predicted octanol–water partition coefficient (Wildman–Crippen LogP) is 10.2. The molecule has 0 spiro atoms. The molecule has 5 aliphatic heterocycles. The van der Waals surface area contributed by atoms with Crippen LogP contribution in [0.25, 0.3) is 22.3 Å². The molecule has 0 atom stereocenters. The molecule has 0 aliphatic carbocycles. The van der Waals surface area contributed by atoms with Crippen LogP contribution in [0.15, 0.2) is 213 Å². The molecule has 0 fully saturated rings. The van der Waals surface area contributed by atoms with Crippen molar-refractivity contribution in [1.82, 2.24) is 5.32 Å². The van der Waals surface area contributed by atoms with Crippen LogP contribution in [-0.2, 0) is 15.1 Å². The van der Waals surface area contributed by atoms with Gasteiger partial charge in [0.25, 0.3) is 0 Å². The van der Waals surface area contributed by atoms with Crippen molar-refractivity contribution in [2.75, 3.05) is 14.1 Å². The molecule has 4 aromatic carbocycles. The Morgan fingerprint density at radius 3 is 0.717 bits per heavy atom. The van der Waals surface area contributed by atoms with Crippen molar-refractivity contribution in [3.8, 4) is 0 Å². The molecule has 8 bridgehead atoms. The molecular formula is C46H35ClFeN5. The predicted molar refractivity (Wildman–Crippen MR) is 221 cm³/mol. The number of halogens is 1. The van der Waals surface area contributed by atoms with Crippen molar-refractivity contribution in [1.29, 1.82) is 0 Å². The third kappa shape index (κ3) is 7.45. The molecule has 1 N–H and O–H groups in total. The summed E-state index contributed by atoms with van der Waals surface area (Å²) in [6.07, 6.45) is 16.8. The molecule has 0 saturated carbocycles. The second kappa shape index (κ2) is 16.7. The van der Waals surface area contributed by atoms with Gasteiger partial charge in [-0.1, -0.05) is 121 Å². The van der Waals surface area contributed by atoms with E-state index in [4.69, 9.17) is 20.0 Å². The first kappa shape index (κ1) is 35.6.